The van der Waals surface area contributed by atoms with Crippen LogP contribution in [0, 0.1) is 0 Å². The van der Waals surface area contributed by atoms with Crippen molar-refractivity contribution in [1.82, 2.24) is 0 Å². The van der Waals surface area contributed by atoms with Crippen LogP contribution < -0.4 is 0 Å². The highest BCUT2D eigenvalue weighted by Gasteiger charge is 2.21. The predicted octanol–water partition coefficient (Wildman–Crippen LogP) is 4.94. The number of carbonyl (C=O) groups is 1. The number of aryl methyl sites for hydroxylation is 1. The van der Waals surface area contributed by atoms with E-state index < -0.39 is 0 Å². The molecule has 0 aliphatic rings. The van der Waals surface area contributed by atoms with Gasteiger partial charge in [-0.25, -0.2) is 0 Å². The summed E-state index contributed by atoms with van der Waals surface area (Å²) in [6.45, 7) is 1.98. The van der Waals surface area contributed by atoms with Gasteiger partial charge in [-0.3, -0.25) is 4.79 Å². The number of fused-ring (bicyclic) bond motifs is 1. The van der Waals surface area contributed by atoms with Crippen molar-refractivity contribution >= 4 is 39.7 Å². The lowest BCUT2D eigenvalue weighted by molar-refractivity contribution is 0.104. The number of halogens is 1. The number of para-hydroxylation sites is 1. The molecule has 0 spiro atoms. The fourth-order valence-corrected chi connectivity index (χ4v) is 3.14. The molecule has 96 valence electrons. The molecule has 0 aliphatic heterocycles. The van der Waals surface area contributed by atoms with Crippen molar-refractivity contribution in [3.63, 3.8) is 0 Å². The highest BCUT2D eigenvalue weighted by Crippen LogP contribution is 2.31. The average molecular weight is 291 g/mol. The quantitative estimate of drug-likeness (QED) is 0.640. The average Bonchev–Trinajstić information content (AvgIpc) is 3.01. The Hall–Kier alpha value is -1.58. The molecule has 3 rings (SSSR count). The van der Waals surface area contributed by atoms with E-state index in [4.69, 9.17) is 16.0 Å². The largest absolute Gasteiger partial charge is 0.460 e. The number of furan rings is 1. The molecule has 3 aromatic rings. The summed E-state index contributed by atoms with van der Waals surface area (Å²) in [5.74, 6) is 0.717. The van der Waals surface area contributed by atoms with E-state index in [0.717, 1.165) is 16.7 Å². The van der Waals surface area contributed by atoms with Crippen molar-refractivity contribution < 1.29 is 9.21 Å². The monoisotopic (exact) mass is 290 g/mol. The van der Waals surface area contributed by atoms with Crippen LogP contribution in [-0.2, 0) is 6.42 Å². The van der Waals surface area contributed by atoms with Crippen LogP contribution in [0.25, 0.3) is 11.0 Å². The number of hydrogen-bond donors (Lipinski definition) is 0. The van der Waals surface area contributed by atoms with Crippen LogP contribution in [0.4, 0.5) is 0 Å². The van der Waals surface area contributed by atoms with Crippen molar-refractivity contribution in [2.45, 2.75) is 13.3 Å². The molecule has 0 atom stereocenters. The number of rotatable bonds is 3. The van der Waals surface area contributed by atoms with Crippen LogP contribution in [0.15, 0.2) is 40.8 Å². The Morgan fingerprint density at radius 1 is 1.26 bits per heavy atom. The van der Waals surface area contributed by atoms with Crippen LogP contribution >= 0.6 is 22.9 Å². The van der Waals surface area contributed by atoms with Gasteiger partial charge in [0.2, 0.25) is 5.78 Å². The van der Waals surface area contributed by atoms with Crippen molar-refractivity contribution in [2.24, 2.45) is 0 Å². The third-order valence-corrected chi connectivity index (χ3v) is 4.24. The van der Waals surface area contributed by atoms with Crippen LogP contribution in [0.1, 0.15) is 27.9 Å². The van der Waals surface area contributed by atoms with Crippen molar-refractivity contribution in [3.05, 3.63) is 56.9 Å². The van der Waals surface area contributed by atoms with Crippen molar-refractivity contribution in [1.29, 1.82) is 0 Å². The molecule has 2 heterocycles. The predicted molar refractivity (Wildman–Crippen MR) is 78.4 cm³/mol. The molecule has 4 heteroatoms. The normalized spacial score (nSPS) is 11.1. The van der Waals surface area contributed by atoms with Crippen LogP contribution in [0.2, 0.25) is 4.34 Å². The Labute approximate surface area is 119 Å². The summed E-state index contributed by atoms with van der Waals surface area (Å²) in [7, 11) is 0. The van der Waals surface area contributed by atoms with Gasteiger partial charge in [-0.05, 0) is 18.2 Å². The van der Waals surface area contributed by atoms with E-state index in [-0.39, 0.29) is 5.78 Å². The van der Waals surface area contributed by atoms with Crippen molar-refractivity contribution in [3.8, 4) is 0 Å². The Balaban J connectivity index is 2.21. The first-order chi connectivity index (χ1) is 9.20. The molecular weight excluding hydrogens is 280 g/mol. The highest BCUT2D eigenvalue weighted by molar-refractivity contribution is 7.18. The number of hydrogen-bond acceptors (Lipinski definition) is 3. The van der Waals surface area contributed by atoms with Gasteiger partial charge < -0.3 is 4.42 Å². The Morgan fingerprint density at radius 3 is 2.74 bits per heavy atom. The second-order valence-corrected chi connectivity index (χ2v) is 5.90. The minimum absolute atomic E-state index is 0.0151. The standard InChI is InChI=1S/C15H11ClO2S/c1-2-10-14(9-5-3-4-6-11(9)18-10)15(17)12-7-8-13(16)19-12/h3-8H,2H2,1H3. The minimum Gasteiger partial charge on any atom is -0.460 e. The first-order valence-electron chi connectivity index (χ1n) is 6.01. The summed E-state index contributed by atoms with van der Waals surface area (Å²) in [4.78, 5) is 13.3. The van der Waals surface area contributed by atoms with E-state index in [2.05, 4.69) is 0 Å². The molecule has 0 saturated heterocycles. The fourth-order valence-electron chi connectivity index (χ4n) is 2.15. The maximum Gasteiger partial charge on any atom is 0.207 e. The first-order valence-corrected chi connectivity index (χ1v) is 7.20. The molecule has 0 radical (unpaired) electrons. The first kappa shape index (κ1) is 12.5. The van der Waals surface area contributed by atoms with Gasteiger partial charge in [0.1, 0.15) is 11.3 Å². The van der Waals surface area contributed by atoms with E-state index in [0.29, 0.717) is 21.2 Å². The molecule has 2 aromatic heterocycles. The number of thiophene rings is 1. The Kier molecular flexibility index (Phi) is 3.17. The smallest absolute Gasteiger partial charge is 0.207 e. The Bertz CT molecular complexity index is 754. The zero-order valence-electron chi connectivity index (χ0n) is 10.3. The van der Waals surface area contributed by atoms with Gasteiger partial charge >= 0.3 is 0 Å². The number of carbonyl (C=O) groups excluding carboxylic acids is 1. The number of benzene rings is 1. The van der Waals surface area contributed by atoms with Gasteiger partial charge in [0.25, 0.3) is 0 Å². The van der Waals surface area contributed by atoms with Gasteiger partial charge in [-0.2, -0.15) is 0 Å². The van der Waals surface area contributed by atoms with E-state index in [1.165, 1.54) is 11.3 Å². The maximum absolute atomic E-state index is 12.6. The molecule has 0 bridgehead atoms. The third kappa shape index (κ3) is 2.09. The van der Waals surface area contributed by atoms with Gasteiger partial charge in [-0.1, -0.05) is 36.7 Å². The molecule has 1 aromatic carbocycles. The summed E-state index contributed by atoms with van der Waals surface area (Å²) >= 11 is 7.20. The van der Waals surface area contributed by atoms with Gasteiger partial charge in [-0.15, -0.1) is 11.3 Å². The van der Waals surface area contributed by atoms with Gasteiger partial charge in [0.15, 0.2) is 0 Å². The molecule has 19 heavy (non-hydrogen) atoms. The SMILES string of the molecule is CCc1oc2ccccc2c1C(=O)c1ccc(Cl)s1. The molecule has 0 fully saturated rings. The molecule has 2 nitrogen and oxygen atoms in total. The molecule has 0 saturated carbocycles. The summed E-state index contributed by atoms with van der Waals surface area (Å²) in [6.07, 6.45) is 0.689. The second-order valence-electron chi connectivity index (χ2n) is 4.18. The second kappa shape index (κ2) is 4.83. The van der Waals surface area contributed by atoms with Gasteiger partial charge in [0.05, 0.1) is 14.8 Å². The van der Waals surface area contributed by atoms with E-state index >= 15 is 0 Å². The maximum atomic E-state index is 12.6. The molecule has 0 unspecified atom stereocenters. The lowest BCUT2D eigenvalue weighted by atomic mass is 10.0. The number of ketones is 1. The summed E-state index contributed by atoms with van der Waals surface area (Å²) in [5.41, 5.74) is 1.42. The lowest BCUT2D eigenvalue weighted by Gasteiger charge is -1.98. The van der Waals surface area contributed by atoms with Crippen molar-refractivity contribution in [2.75, 3.05) is 0 Å². The summed E-state index contributed by atoms with van der Waals surface area (Å²) < 4.78 is 6.37. The van der Waals surface area contributed by atoms with Crippen LogP contribution in [0.3, 0.4) is 0 Å². The molecule has 0 aliphatic carbocycles. The fraction of sp³-hybridized carbons (Fsp3) is 0.133. The van der Waals surface area contributed by atoms with E-state index in [9.17, 15) is 4.79 Å². The lowest BCUT2D eigenvalue weighted by Crippen LogP contribution is -2.00. The Morgan fingerprint density at radius 2 is 2.05 bits per heavy atom. The topological polar surface area (TPSA) is 30.2 Å². The van der Waals surface area contributed by atoms with E-state index in [1.54, 1.807) is 12.1 Å². The zero-order chi connectivity index (χ0) is 13.4. The van der Waals surface area contributed by atoms with Gasteiger partial charge in [0, 0.05) is 11.8 Å². The molecule has 0 amide bonds. The van der Waals surface area contributed by atoms with E-state index in [1.807, 2.05) is 31.2 Å². The highest BCUT2D eigenvalue weighted by atomic mass is 35.5. The third-order valence-electron chi connectivity index (χ3n) is 3.01. The summed E-state index contributed by atoms with van der Waals surface area (Å²) in [6, 6.07) is 11.1. The zero-order valence-corrected chi connectivity index (χ0v) is 11.8. The molecular formula is C15H11ClO2S. The van der Waals surface area contributed by atoms with Crippen LogP contribution in [-0.4, -0.2) is 5.78 Å². The van der Waals surface area contributed by atoms with Crippen LogP contribution in [0.5, 0.6) is 0 Å². The summed E-state index contributed by atoms with van der Waals surface area (Å²) in [5, 5.41) is 0.869. The minimum atomic E-state index is -0.0151. The molecule has 0 N–H and O–H groups in total.